The molecule has 0 N–H and O–H groups in total. The zero-order chi connectivity index (χ0) is 22.1. The van der Waals surface area contributed by atoms with Gasteiger partial charge in [-0.1, -0.05) is 6.07 Å². The predicted molar refractivity (Wildman–Crippen MR) is 119 cm³/mol. The fourth-order valence-electron chi connectivity index (χ4n) is 3.04. The van der Waals surface area contributed by atoms with E-state index in [2.05, 4.69) is 10.1 Å². The number of ether oxygens (including phenoxy) is 2. The number of aromatic nitrogens is 1. The molecule has 0 saturated heterocycles. The smallest absolute Gasteiger partial charge is 0.282 e. The average Bonchev–Trinajstić information content (AvgIpc) is 3.54. The number of halogens is 1. The third-order valence-electron chi connectivity index (χ3n) is 4.54. The maximum Gasteiger partial charge on any atom is 0.282 e. The normalized spacial score (nSPS) is 13.2. The number of thiophene rings is 1. The van der Waals surface area contributed by atoms with Gasteiger partial charge >= 0.3 is 0 Å². The van der Waals surface area contributed by atoms with E-state index in [0.29, 0.717) is 22.0 Å². The molecule has 1 aliphatic rings. The Kier molecular flexibility index (Phi) is 5.25. The number of rotatable bonds is 5. The van der Waals surface area contributed by atoms with E-state index in [1.54, 1.807) is 16.8 Å². The van der Waals surface area contributed by atoms with Gasteiger partial charge < -0.3 is 9.47 Å². The fourth-order valence-corrected chi connectivity index (χ4v) is 4.69. The predicted octanol–water partition coefficient (Wildman–Crippen LogP) is 5.17. The molecular formula is C21H13FN4O4S2. The quantitative estimate of drug-likeness (QED) is 0.230. The summed E-state index contributed by atoms with van der Waals surface area (Å²) in [5, 5.41) is 19.9. The number of hydrogen-bond acceptors (Lipinski definition) is 8. The molecule has 0 atom stereocenters. The summed E-state index contributed by atoms with van der Waals surface area (Å²) in [4.78, 5) is 17.1. The maximum absolute atomic E-state index is 13.3. The first-order valence-electron chi connectivity index (χ1n) is 9.25. The standard InChI is InChI=1S/C21H13FN4O4S2/c22-14-3-5-15(6-4-14)24-21-25(17(11-32-21)20-2-1-7-31-20)23-10-13-8-18-19(30-12-29-18)9-16(13)26(27)28/h1-11H,12H2. The number of benzene rings is 2. The molecule has 2 aromatic heterocycles. The Bertz CT molecular complexity index is 1390. The summed E-state index contributed by atoms with van der Waals surface area (Å²) in [6.45, 7) is 0.00951. The van der Waals surface area contributed by atoms with E-state index in [-0.39, 0.29) is 23.9 Å². The van der Waals surface area contributed by atoms with Crippen molar-refractivity contribution in [3.05, 3.63) is 85.6 Å². The van der Waals surface area contributed by atoms with Crippen LogP contribution >= 0.6 is 22.7 Å². The Morgan fingerprint density at radius 1 is 1.12 bits per heavy atom. The minimum absolute atomic E-state index is 0.00951. The minimum Gasteiger partial charge on any atom is -0.454 e. The summed E-state index contributed by atoms with van der Waals surface area (Å²) in [6, 6.07) is 12.5. The van der Waals surface area contributed by atoms with Crippen molar-refractivity contribution < 1.29 is 18.8 Å². The first kappa shape index (κ1) is 20.1. The van der Waals surface area contributed by atoms with Crippen LogP contribution in [0, 0.1) is 15.9 Å². The molecule has 2 aromatic carbocycles. The summed E-state index contributed by atoms with van der Waals surface area (Å²) in [5.74, 6) is 0.390. The Morgan fingerprint density at radius 2 is 1.91 bits per heavy atom. The average molecular weight is 468 g/mol. The first-order valence-corrected chi connectivity index (χ1v) is 11.0. The molecule has 0 bridgehead atoms. The van der Waals surface area contributed by atoms with Crippen molar-refractivity contribution in [1.82, 2.24) is 4.68 Å². The third kappa shape index (κ3) is 3.90. The number of nitro groups is 1. The largest absolute Gasteiger partial charge is 0.454 e. The molecule has 0 spiro atoms. The van der Waals surface area contributed by atoms with Crippen LogP contribution in [0.3, 0.4) is 0 Å². The van der Waals surface area contributed by atoms with E-state index in [0.717, 1.165) is 10.6 Å². The van der Waals surface area contributed by atoms with Crippen LogP contribution in [-0.4, -0.2) is 22.6 Å². The SMILES string of the molecule is O=[N+]([O-])c1cc2c(cc1C=Nn1c(-c3cccs3)csc1=Nc1ccc(F)cc1)OCO2. The second-order valence-corrected chi connectivity index (χ2v) is 8.33. The van der Waals surface area contributed by atoms with Gasteiger partial charge in [-0.3, -0.25) is 10.1 Å². The number of hydrogen-bond donors (Lipinski definition) is 0. The van der Waals surface area contributed by atoms with Crippen molar-refractivity contribution in [3.8, 4) is 22.1 Å². The van der Waals surface area contributed by atoms with Crippen molar-refractivity contribution in [2.45, 2.75) is 0 Å². The van der Waals surface area contributed by atoms with Crippen molar-refractivity contribution in [3.63, 3.8) is 0 Å². The van der Waals surface area contributed by atoms with Gasteiger partial charge in [-0.25, -0.2) is 14.1 Å². The highest BCUT2D eigenvalue weighted by atomic mass is 32.1. The molecule has 0 amide bonds. The monoisotopic (exact) mass is 468 g/mol. The molecule has 3 heterocycles. The van der Waals surface area contributed by atoms with Crippen LogP contribution in [0.1, 0.15) is 5.56 Å². The lowest BCUT2D eigenvalue weighted by atomic mass is 10.1. The topological polar surface area (TPSA) is 91.2 Å². The highest BCUT2D eigenvalue weighted by molar-refractivity contribution is 7.14. The van der Waals surface area contributed by atoms with Gasteiger partial charge in [0.25, 0.3) is 5.69 Å². The zero-order valence-electron chi connectivity index (χ0n) is 16.2. The summed E-state index contributed by atoms with van der Waals surface area (Å²) in [7, 11) is 0. The highest BCUT2D eigenvalue weighted by Crippen LogP contribution is 2.37. The van der Waals surface area contributed by atoms with Crippen LogP contribution in [0.4, 0.5) is 15.8 Å². The highest BCUT2D eigenvalue weighted by Gasteiger charge is 2.22. The molecule has 8 nitrogen and oxygen atoms in total. The number of nitrogens with zero attached hydrogens (tertiary/aromatic N) is 4. The van der Waals surface area contributed by atoms with Gasteiger partial charge in [0, 0.05) is 5.38 Å². The van der Waals surface area contributed by atoms with E-state index in [9.17, 15) is 14.5 Å². The van der Waals surface area contributed by atoms with E-state index >= 15 is 0 Å². The molecular weight excluding hydrogens is 455 g/mol. The summed E-state index contributed by atoms with van der Waals surface area (Å²) >= 11 is 2.89. The maximum atomic E-state index is 13.3. The second-order valence-electron chi connectivity index (χ2n) is 6.55. The summed E-state index contributed by atoms with van der Waals surface area (Å²) in [5.41, 5.74) is 1.46. The second kappa shape index (κ2) is 8.36. The van der Waals surface area contributed by atoms with Crippen molar-refractivity contribution >= 4 is 40.3 Å². The van der Waals surface area contributed by atoms with Crippen LogP contribution in [0.5, 0.6) is 11.5 Å². The Balaban J connectivity index is 1.63. The van der Waals surface area contributed by atoms with E-state index in [1.807, 2.05) is 22.9 Å². The number of fused-ring (bicyclic) bond motifs is 1. The third-order valence-corrected chi connectivity index (χ3v) is 6.25. The van der Waals surface area contributed by atoms with Crippen molar-refractivity contribution in [2.75, 3.05) is 6.79 Å². The molecule has 1 aliphatic heterocycles. The fraction of sp³-hybridized carbons (Fsp3) is 0.0476. The van der Waals surface area contributed by atoms with Gasteiger partial charge in [0.1, 0.15) is 5.82 Å². The zero-order valence-corrected chi connectivity index (χ0v) is 17.8. The Morgan fingerprint density at radius 3 is 2.62 bits per heavy atom. The lowest BCUT2D eigenvalue weighted by molar-refractivity contribution is -0.385. The van der Waals surface area contributed by atoms with E-state index in [4.69, 9.17) is 9.47 Å². The van der Waals surface area contributed by atoms with Gasteiger partial charge in [0.05, 0.1) is 39.0 Å². The number of thiazole rings is 1. The molecule has 0 radical (unpaired) electrons. The summed E-state index contributed by atoms with van der Waals surface area (Å²) in [6.07, 6.45) is 1.40. The van der Waals surface area contributed by atoms with Gasteiger partial charge in [-0.05, 0) is 41.8 Å². The molecule has 32 heavy (non-hydrogen) atoms. The Labute approximate surface area is 188 Å². The molecule has 160 valence electrons. The van der Waals surface area contributed by atoms with Gasteiger partial charge in [-0.15, -0.1) is 22.7 Å². The van der Waals surface area contributed by atoms with Crippen LogP contribution < -0.4 is 14.3 Å². The molecule has 0 aliphatic carbocycles. The molecule has 0 fully saturated rings. The van der Waals surface area contributed by atoms with E-state index in [1.165, 1.54) is 53.2 Å². The van der Waals surface area contributed by atoms with Gasteiger partial charge in [-0.2, -0.15) is 5.10 Å². The summed E-state index contributed by atoms with van der Waals surface area (Å²) < 4.78 is 25.5. The Hall–Kier alpha value is -3.83. The molecule has 4 aromatic rings. The van der Waals surface area contributed by atoms with Crippen LogP contribution in [0.25, 0.3) is 10.6 Å². The van der Waals surface area contributed by atoms with Crippen LogP contribution in [-0.2, 0) is 0 Å². The molecule has 5 rings (SSSR count). The lowest BCUT2D eigenvalue weighted by Crippen LogP contribution is -2.11. The van der Waals surface area contributed by atoms with Crippen LogP contribution in [0.2, 0.25) is 0 Å². The number of nitro benzene ring substituents is 1. The molecule has 0 saturated carbocycles. The molecule has 11 heteroatoms. The lowest BCUT2D eigenvalue weighted by Gasteiger charge is -2.03. The van der Waals surface area contributed by atoms with Crippen LogP contribution in [0.15, 0.2) is 69.4 Å². The van der Waals surface area contributed by atoms with Crippen molar-refractivity contribution in [2.24, 2.45) is 10.1 Å². The minimum atomic E-state index is -0.494. The van der Waals surface area contributed by atoms with Crippen molar-refractivity contribution in [1.29, 1.82) is 0 Å². The first-order chi connectivity index (χ1) is 15.6. The van der Waals surface area contributed by atoms with Gasteiger partial charge in [0.2, 0.25) is 11.6 Å². The van der Waals surface area contributed by atoms with Gasteiger partial charge in [0.15, 0.2) is 11.5 Å². The molecule has 0 unspecified atom stereocenters. The van der Waals surface area contributed by atoms with E-state index < -0.39 is 4.92 Å².